The van der Waals surface area contributed by atoms with Gasteiger partial charge in [-0.1, -0.05) is 255 Å². The Bertz CT molecular complexity index is 4590. The summed E-state index contributed by atoms with van der Waals surface area (Å²) in [6, 6.07) is 104. The summed E-state index contributed by atoms with van der Waals surface area (Å²) in [5.41, 5.74) is 19.1. The van der Waals surface area contributed by atoms with E-state index in [2.05, 4.69) is 305 Å². The number of nitrogens with zero attached hydrogens (tertiary/aromatic N) is 6. The maximum atomic E-state index is 5.77. The molecule has 6 heteroatoms. The minimum absolute atomic E-state index is 0.520. The van der Waals surface area contributed by atoms with Crippen LogP contribution in [0.1, 0.15) is 0 Å². The van der Waals surface area contributed by atoms with E-state index in [0.717, 1.165) is 132 Å². The summed E-state index contributed by atoms with van der Waals surface area (Å²) in [6.45, 7) is 0. The fourth-order valence-corrected chi connectivity index (χ4v) is 12.7. The van der Waals surface area contributed by atoms with Crippen molar-refractivity contribution in [2.24, 2.45) is 0 Å². The molecule has 0 bridgehead atoms. The molecule has 0 unspecified atom stereocenters. The van der Waals surface area contributed by atoms with Gasteiger partial charge >= 0.3 is 0 Å². The normalized spacial score (nSPS) is 11.7. The van der Waals surface area contributed by atoms with Crippen LogP contribution in [0.15, 0.2) is 291 Å². The molecule has 0 aliphatic heterocycles. The van der Waals surface area contributed by atoms with Crippen molar-refractivity contribution in [3.8, 4) is 84.6 Å². The van der Waals surface area contributed by atoms with Crippen LogP contribution in [0.25, 0.3) is 150 Å². The number of para-hydroxylation sites is 8. The molecular weight excluding hydrogens is 985 g/mol. The van der Waals surface area contributed by atoms with E-state index in [1.165, 1.54) is 0 Å². The largest absolute Gasteiger partial charge is 0.307 e. The summed E-state index contributed by atoms with van der Waals surface area (Å²) >= 11 is 0. The lowest BCUT2D eigenvalue weighted by atomic mass is 10.0. The maximum Gasteiger partial charge on any atom is 0.238 e. The highest BCUT2D eigenvalue weighted by Crippen LogP contribution is 2.46. The van der Waals surface area contributed by atoms with Gasteiger partial charge in [-0.2, -0.15) is 9.97 Å². The van der Waals surface area contributed by atoms with E-state index in [9.17, 15) is 0 Å². The number of hydrogen-bond acceptors (Lipinski definition) is 3. The van der Waals surface area contributed by atoms with Crippen molar-refractivity contribution >= 4 is 65.4 Å². The summed E-state index contributed by atoms with van der Waals surface area (Å²) in [4.78, 5) is 17.1. The summed E-state index contributed by atoms with van der Waals surface area (Å²) in [7, 11) is 0. The molecule has 0 fully saturated rings. The average Bonchev–Trinajstić information content (AvgIpc) is 4.23. The second-order valence-corrected chi connectivity index (χ2v) is 20.6. The molecule has 0 aliphatic carbocycles. The molecular formula is C75H48N6. The number of benzene rings is 12. The van der Waals surface area contributed by atoms with Gasteiger partial charge < -0.3 is 9.13 Å². The van der Waals surface area contributed by atoms with Gasteiger partial charge in [-0.15, -0.1) is 0 Å². The van der Waals surface area contributed by atoms with Gasteiger partial charge in [0.1, 0.15) is 0 Å². The first-order valence-electron chi connectivity index (χ1n) is 27.5. The molecule has 0 aliphatic rings. The van der Waals surface area contributed by atoms with Crippen molar-refractivity contribution < 1.29 is 0 Å². The lowest BCUT2D eigenvalue weighted by Gasteiger charge is -2.19. The van der Waals surface area contributed by atoms with E-state index < -0.39 is 0 Å². The summed E-state index contributed by atoms with van der Waals surface area (Å²) in [6.07, 6.45) is 0. The first-order chi connectivity index (χ1) is 40.2. The van der Waals surface area contributed by atoms with Crippen LogP contribution in [-0.2, 0) is 0 Å². The van der Waals surface area contributed by atoms with Crippen LogP contribution in [0.3, 0.4) is 0 Å². The smallest absolute Gasteiger partial charge is 0.238 e. The van der Waals surface area contributed by atoms with E-state index in [-0.39, 0.29) is 0 Å². The molecule has 81 heavy (non-hydrogen) atoms. The average molecular weight is 1030 g/mol. The monoisotopic (exact) mass is 1030 g/mol. The summed E-state index contributed by atoms with van der Waals surface area (Å²) in [5, 5.41) is 6.88. The van der Waals surface area contributed by atoms with Gasteiger partial charge in [0.05, 0.1) is 44.5 Å². The van der Waals surface area contributed by atoms with E-state index in [0.29, 0.717) is 17.6 Å². The molecule has 378 valence electrons. The molecule has 0 N–H and O–H groups in total. The first-order valence-corrected chi connectivity index (χ1v) is 27.5. The van der Waals surface area contributed by atoms with E-state index in [1.54, 1.807) is 0 Å². The van der Waals surface area contributed by atoms with Gasteiger partial charge in [-0.3, -0.25) is 4.57 Å². The van der Waals surface area contributed by atoms with Crippen molar-refractivity contribution in [2.45, 2.75) is 0 Å². The van der Waals surface area contributed by atoms with Crippen molar-refractivity contribution in [3.63, 3.8) is 0 Å². The minimum atomic E-state index is 0.520. The summed E-state index contributed by atoms with van der Waals surface area (Å²) < 4.78 is 7.15. The van der Waals surface area contributed by atoms with Crippen molar-refractivity contribution in [1.82, 2.24) is 28.7 Å². The lowest BCUT2D eigenvalue weighted by Crippen LogP contribution is -2.09. The van der Waals surface area contributed by atoms with Crippen LogP contribution in [0.5, 0.6) is 0 Å². The van der Waals surface area contributed by atoms with Gasteiger partial charge in [0, 0.05) is 65.7 Å². The molecule has 0 saturated carbocycles. The lowest BCUT2D eigenvalue weighted by molar-refractivity contribution is 0.950. The standard InChI is InChI=1S/C75H48N6/c1-5-25-49(26-6-1)53-37-21-41-59-60-42-22-38-54(50-27-7-2-8-28-50)70(60)80(69(53)59)67-47-19-15-35-63(67)73-76-74(78-75(77-73)79-65-45-17-13-33-57(65)58-34-14-18-46-66(58)79)64-36-16-20-48-68(64)81-71-55(51-29-9-3-10-30-51)39-23-43-61(71)62-44-24-40-56(72(62)81)52-31-11-4-12-32-52/h1-48H. The van der Waals surface area contributed by atoms with Crippen LogP contribution in [0.4, 0.5) is 0 Å². The van der Waals surface area contributed by atoms with Crippen LogP contribution in [0.2, 0.25) is 0 Å². The van der Waals surface area contributed by atoms with Gasteiger partial charge in [-0.05, 0) is 58.7 Å². The number of fused-ring (bicyclic) bond motifs is 9. The Morgan fingerprint density at radius 1 is 0.198 bits per heavy atom. The van der Waals surface area contributed by atoms with Gasteiger partial charge in [0.2, 0.25) is 5.95 Å². The Kier molecular flexibility index (Phi) is 10.8. The Balaban J connectivity index is 1.03. The molecule has 0 saturated heterocycles. The van der Waals surface area contributed by atoms with E-state index >= 15 is 0 Å². The molecule has 16 rings (SSSR count). The van der Waals surface area contributed by atoms with Crippen molar-refractivity contribution in [1.29, 1.82) is 0 Å². The fourth-order valence-electron chi connectivity index (χ4n) is 12.7. The van der Waals surface area contributed by atoms with Gasteiger partial charge in [-0.25, -0.2) is 4.98 Å². The molecule has 0 radical (unpaired) electrons. The molecule has 0 spiro atoms. The van der Waals surface area contributed by atoms with Crippen LogP contribution < -0.4 is 0 Å². The van der Waals surface area contributed by atoms with Crippen LogP contribution in [0, 0.1) is 0 Å². The zero-order chi connectivity index (χ0) is 53.4. The fraction of sp³-hybridized carbons (Fsp3) is 0. The second kappa shape index (κ2) is 18.9. The Hall–Kier alpha value is -11.0. The second-order valence-electron chi connectivity index (χ2n) is 20.6. The predicted octanol–water partition coefficient (Wildman–Crippen LogP) is 19.2. The van der Waals surface area contributed by atoms with Gasteiger partial charge in [0.15, 0.2) is 11.6 Å². The zero-order valence-corrected chi connectivity index (χ0v) is 43.9. The van der Waals surface area contributed by atoms with E-state index in [1.807, 2.05) is 0 Å². The number of rotatable bonds is 9. The van der Waals surface area contributed by atoms with Gasteiger partial charge in [0.25, 0.3) is 0 Å². The van der Waals surface area contributed by atoms with Crippen molar-refractivity contribution in [3.05, 3.63) is 291 Å². The minimum Gasteiger partial charge on any atom is -0.307 e. The maximum absolute atomic E-state index is 5.77. The SMILES string of the molecule is c1ccc(-c2cccc3c4cccc(-c5ccccc5)c4n(-c4ccccc4-c4nc(-c5ccccc5-n5c6c(-c7ccccc7)cccc6c6cccc(-c7ccccc7)c65)nc(-n5c6ccccc6c6ccccc65)n4)c23)cc1. The van der Waals surface area contributed by atoms with Crippen LogP contribution in [-0.4, -0.2) is 28.7 Å². The molecule has 4 heterocycles. The highest BCUT2D eigenvalue weighted by Gasteiger charge is 2.27. The predicted molar refractivity (Wildman–Crippen MR) is 335 cm³/mol. The highest BCUT2D eigenvalue weighted by atomic mass is 15.2. The third kappa shape index (κ3) is 7.38. The highest BCUT2D eigenvalue weighted by molar-refractivity contribution is 6.19. The molecule has 16 aromatic rings. The molecule has 0 atom stereocenters. The number of aromatic nitrogens is 6. The Labute approximate surface area is 467 Å². The Morgan fingerprint density at radius 3 is 0.815 bits per heavy atom. The summed E-state index contributed by atoms with van der Waals surface area (Å²) in [5.74, 6) is 1.61. The number of hydrogen-bond donors (Lipinski definition) is 0. The molecule has 4 aromatic heterocycles. The van der Waals surface area contributed by atoms with Crippen molar-refractivity contribution in [2.75, 3.05) is 0 Å². The zero-order valence-electron chi connectivity index (χ0n) is 43.9. The first kappa shape index (κ1) is 46.2. The quantitative estimate of drug-likeness (QED) is 0.145. The topological polar surface area (TPSA) is 53.5 Å². The van der Waals surface area contributed by atoms with E-state index in [4.69, 9.17) is 15.0 Å². The molecule has 12 aromatic carbocycles. The van der Waals surface area contributed by atoms with Crippen LogP contribution >= 0.6 is 0 Å². The molecule has 6 nitrogen and oxygen atoms in total. The Morgan fingerprint density at radius 2 is 0.469 bits per heavy atom. The third-order valence-electron chi connectivity index (χ3n) is 16.1. The molecule has 0 amide bonds. The third-order valence-corrected chi connectivity index (χ3v) is 16.1.